The molecule has 0 aliphatic rings. The number of hydrogen-bond acceptors (Lipinski definition) is 3. The van der Waals surface area contributed by atoms with Gasteiger partial charge in [0.1, 0.15) is 0 Å². The molecule has 4 heteroatoms. The maximum atomic E-state index is 11.1. The van der Waals surface area contributed by atoms with Crippen LogP contribution in [-0.4, -0.2) is 24.6 Å². The van der Waals surface area contributed by atoms with E-state index in [1.165, 1.54) is 0 Å². The van der Waals surface area contributed by atoms with Gasteiger partial charge in [-0.15, -0.1) is 0 Å². The Labute approximate surface area is 73.6 Å². The van der Waals surface area contributed by atoms with Gasteiger partial charge in [-0.2, -0.15) is 0 Å². The highest BCUT2D eigenvalue weighted by Crippen LogP contribution is 2.03. The van der Waals surface area contributed by atoms with Crippen molar-refractivity contribution in [2.45, 2.75) is 39.3 Å². The zero-order chi connectivity index (χ0) is 9.78. The summed E-state index contributed by atoms with van der Waals surface area (Å²) in [4.78, 5) is 16.2. The maximum absolute atomic E-state index is 11.1. The molecule has 0 aromatic heterocycles. The molecule has 1 amide bonds. The van der Waals surface area contributed by atoms with Crippen LogP contribution in [0.1, 0.15) is 27.7 Å². The average molecular weight is 174 g/mol. The van der Waals surface area contributed by atoms with Crippen molar-refractivity contribution < 1.29 is 9.63 Å². The zero-order valence-electron chi connectivity index (χ0n) is 8.39. The summed E-state index contributed by atoms with van der Waals surface area (Å²) < 4.78 is 0. The van der Waals surface area contributed by atoms with E-state index in [2.05, 4.69) is 10.8 Å². The lowest BCUT2D eigenvalue weighted by Crippen LogP contribution is -2.43. The third-order valence-corrected chi connectivity index (χ3v) is 1.28. The van der Waals surface area contributed by atoms with Crippen LogP contribution in [0.2, 0.25) is 0 Å². The summed E-state index contributed by atoms with van der Waals surface area (Å²) in [5.41, 5.74) is 2.03. The molecule has 0 saturated carbocycles. The molecule has 0 saturated heterocycles. The number of nitrogens with one attached hydrogen (secondary N) is 2. The van der Waals surface area contributed by atoms with Crippen molar-refractivity contribution in [3.05, 3.63) is 0 Å². The van der Waals surface area contributed by atoms with E-state index >= 15 is 0 Å². The van der Waals surface area contributed by atoms with Gasteiger partial charge in [-0.25, -0.2) is 5.48 Å². The van der Waals surface area contributed by atoms with Crippen LogP contribution in [-0.2, 0) is 9.63 Å². The summed E-state index contributed by atoms with van der Waals surface area (Å²) in [5.74, 6) is -0.160. The van der Waals surface area contributed by atoms with Gasteiger partial charge in [0.2, 0.25) is 0 Å². The number of carbonyl (C=O) groups is 1. The molecule has 1 unspecified atom stereocenters. The Morgan fingerprint density at radius 1 is 1.42 bits per heavy atom. The lowest BCUT2D eigenvalue weighted by atomic mass is 10.2. The number of likely N-dealkylation sites (N-methyl/N-ethyl adjacent to an activating group) is 1. The molecular formula is C8H18N2O2. The minimum Gasteiger partial charge on any atom is -0.309 e. The fourth-order valence-electron chi connectivity index (χ4n) is 0.423. The highest BCUT2D eigenvalue weighted by molar-refractivity contribution is 5.80. The Morgan fingerprint density at radius 3 is 2.25 bits per heavy atom. The minimum atomic E-state index is -0.344. The molecule has 0 spiro atoms. The van der Waals surface area contributed by atoms with E-state index in [9.17, 15) is 4.79 Å². The molecule has 72 valence electrons. The van der Waals surface area contributed by atoms with Crippen LogP contribution in [0.3, 0.4) is 0 Å². The summed E-state index contributed by atoms with van der Waals surface area (Å²) in [6, 6.07) is -0.229. The van der Waals surface area contributed by atoms with E-state index < -0.39 is 0 Å². The Balaban J connectivity index is 3.72. The van der Waals surface area contributed by atoms with E-state index in [0.717, 1.165) is 0 Å². The van der Waals surface area contributed by atoms with Gasteiger partial charge >= 0.3 is 0 Å². The van der Waals surface area contributed by atoms with Gasteiger partial charge in [0.05, 0.1) is 11.6 Å². The fourth-order valence-corrected chi connectivity index (χ4v) is 0.423. The molecule has 2 N–H and O–H groups in total. The molecule has 0 rings (SSSR count). The third-order valence-electron chi connectivity index (χ3n) is 1.28. The number of hydrogen-bond donors (Lipinski definition) is 2. The van der Waals surface area contributed by atoms with Crippen molar-refractivity contribution in [2.75, 3.05) is 7.05 Å². The number of carbonyl (C=O) groups excluding carboxylic acids is 1. The van der Waals surface area contributed by atoms with Crippen molar-refractivity contribution in [1.82, 2.24) is 10.8 Å². The topological polar surface area (TPSA) is 50.4 Å². The fraction of sp³-hybridized carbons (Fsp3) is 0.875. The van der Waals surface area contributed by atoms with Crippen LogP contribution in [0, 0.1) is 0 Å². The smallest absolute Gasteiger partial charge is 0.260 e. The van der Waals surface area contributed by atoms with Crippen LogP contribution in [0.25, 0.3) is 0 Å². The molecular weight excluding hydrogens is 156 g/mol. The van der Waals surface area contributed by atoms with Gasteiger partial charge in [0.15, 0.2) is 0 Å². The van der Waals surface area contributed by atoms with Crippen molar-refractivity contribution in [3.63, 3.8) is 0 Å². The van der Waals surface area contributed by atoms with Gasteiger partial charge in [-0.05, 0) is 34.7 Å². The van der Waals surface area contributed by atoms with Crippen LogP contribution in [0.15, 0.2) is 0 Å². The Bertz CT molecular complexity index is 152. The second-order valence-corrected chi connectivity index (χ2v) is 3.69. The number of amides is 1. The molecule has 0 aliphatic carbocycles. The predicted octanol–water partition coefficient (Wildman–Crippen LogP) is 0.441. The van der Waals surface area contributed by atoms with Crippen molar-refractivity contribution >= 4 is 5.91 Å². The van der Waals surface area contributed by atoms with Crippen LogP contribution >= 0.6 is 0 Å². The Kier molecular flexibility index (Phi) is 4.20. The standard InChI is InChI=1S/C8H18N2O2/c1-6(9-5)7(11)10-12-8(2,3)4/h6,9H,1-5H3,(H,10,11). The lowest BCUT2D eigenvalue weighted by molar-refractivity contribution is -0.147. The van der Waals surface area contributed by atoms with E-state index in [0.29, 0.717) is 0 Å². The molecule has 1 atom stereocenters. The molecule has 0 bridgehead atoms. The van der Waals surface area contributed by atoms with E-state index in [4.69, 9.17) is 4.84 Å². The summed E-state index contributed by atoms with van der Waals surface area (Å²) >= 11 is 0. The second kappa shape index (κ2) is 4.42. The Morgan fingerprint density at radius 2 is 1.92 bits per heavy atom. The molecule has 0 fully saturated rings. The first-order valence-electron chi connectivity index (χ1n) is 4.02. The quantitative estimate of drug-likeness (QED) is 0.610. The summed E-state index contributed by atoms with van der Waals surface area (Å²) in [6.07, 6.45) is 0. The highest BCUT2D eigenvalue weighted by atomic mass is 16.7. The van der Waals surface area contributed by atoms with Crippen LogP contribution in [0.5, 0.6) is 0 Å². The van der Waals surface area contributed by atoms with Crippen molar-refractivity contribution in [2.24, 2.45) is 0 Å². The van der Waals surface area contributed by atoms with Crippen LogP contribution < -0.4 is 10.8 Å². The summed E-state index contributed by atoms with van der Waals surface area (Å²) in [6.45, 7) is 7.38. The van der Waals surface area contributed by atoms with Gasteiger partial charge in [0, 0.05) is 0 Å². The molecule has 4 nitrogen and oxygen atoms in total. The molecule has 0 aromatic carbocycles. The predicted molar refractivity (Wildman–Crippen MR) is 47.5 cm³/mol. The molecule has 0 heterocycles. The largest absolute Gasteiger partial charge is 0.309 e. The number of rotatable bonds is 3. The van der Waals surface area contributed by atoms with Crippen molar-refractivity contribution in [1.29, 1.82) is 0 Å². The monoisotopic (exact) mass is 174 g/mol. The first kappa shape index (κ1) is 11.4. The first-order chi connectivity index (χ1) is 5.37. The van der Waals surface area contributed by atoms with E-state index in [1.54, 1.807) is 14.0 Å². The minimum absolute atomic E-state index is 0.160. The highest BCUT2D eigenvalue weighted by Gasteiger charge is 2.15. The van der Waals surface area contributed by atoms with Gasteiger partial charge < -0.3 is 5.32 Å². The lowest BCUT2D eigenvalue weighted by Gasteiger charge is -2.20. The normalized spacial score (nSPS) is 14.1. The third kappa shape index (κ3) is 5.09. The molecule has 0 aliphatic heterocycles. The first-order valence-corrected chi connectivity index (χ1v) is 4.02. The maximum Gasteiger partial charge on any atom is 0.260 e. The summed E-state index contributed by atoms with van der Waals surface area (Å²) in [5, 5.41) is 2.81. The van der Waals surface area contributed by atoms with Gasteiger partial charge in [-0.1, -0.05) is 0 Å². The van der Waals surface area contributed by atoms with E-state index in [-0.39, 0.29) is 17.6 Å². The number of hydroxylamine groups is 1. The Hall–Kier alpha value is -0.610. The SMILES string of the molecule is CNC(C)C(=O)NOC(C)(C)C. The molecule has 0 aromatic rings. The van der Waals surface area contributed by atoms with E-state index in [1.807, 2.05) is 20.8 Å². The van der Waals surface area contributed by atoms with Crippen LogP contribution in [0.4, 0.5) is 0 Å². The summed E-state index contributed by atoms with van der Waals surface area (Å²) in [7, 11) is 1.72. The second-order valence-electron chi connectivity index (χ2n) is 3.69. The average Bonchev–Trinajstić information content (AvgIpc) is 1.97. The van der Waals surface area contributed by atoms with Gasteiger partial charge in [-0.3, -0.25) is 9.63 Å². The molecule has 12 heavy (non-hydrogen) atoms. The zero-order valence-corrected chi connectivity index (χ0v) is 8.39. The van der Waals surface area contributed by atoms with Crippen molar-refractivity contribution in [3.8, 4) is 0 Å². The van der Waals surface area contributed by atoms with Gasteiger partial charge in [0.25, 0.3) is 5.91 Å². The molecule has 0 radical (unpaired) electrons.